The number of benzene rings is 6. The average Bonchev–Trinajstić information content (AvgIpc) is 1.63. The van der Waals surface area contributed by atoms with Crippen LogP contribution in [0.4, 0.5) is 11.4 Å². The molecule has 0 unspecified atom stereocenters. The van der Waals surface area contributed by atoms with Crippen molar-refractivity contribution in [3.8, 4) is 0 Å². The summed E-state index contributed by atoms with van der Waals surface area (Å²) in [6.07, 6.45) is 4.05. The quantitative estimate of drug-likeness (QED) is 0.120. The third kappa shape index (κ3) is 28.7. The third-order valence-electron chi connectivity index (χ3n) is 21.6. The number of hydrogen-bond acceptors (Lipinski definition) is 6. The van der Waals surface area contributed by atoms with Gasteiger partial charge in [0.05, 0.1) is 33.1 Å². The molecule has 7 heterocycles. The van der Waals surface area contributed by atoms with Gasteiger partial charge in [-0.2, -0.15) is 0 Å². The van der Waals surface area contributed by atoms with Crippen LogP contribution < -0.4 is 0 Å². The van der Waals surface area contributed by atoms with E-state index in [1.165, 1.54) is 122 Å². The van der Waals surface area contributed by atoms with Crippen LogP contribution in [0.25, 0.3) is 32.8 Å². The van der Waals surface area contributed by atoms with Gasteiger partial charge in [0.25, 0.3) is 0 Å². The number of aromatic amines is 3. The maximum absolute atomic E-state index is 4.81. The lowest BCUT2D eigenvalue weighted by Gasteiger charge is -2.19. The second-order valence-corrected chi connectivity index (χ2v) is 41.8. The van der Waals surface area contributed by atoms with Crippen LogP contribution in [-0.2, 0) is 34.5 Å². The zero-order valence-electron chi connectivity index (χ0n) is 78.8. The van der Waals surface area contributed by atoms with E-state index in [0.29, 0.717) is 65.1 Å². The molecule has 9 heteroatoms. The molecule has 115 heavy (non-hydrogen) atoms. The molecule has 6 aromatic carbocycles. The first-order chi connectivity index (χ1) is 53.2. The largest absolute Gasteiger partial charge is 0.358 e. The Balaban J connectivity index is 0.000000205. The number of nitrogens with one attached hydrogen (secondary N) is 3. The molecule has 0 atom stereocenters. The fraction of sp³-hybridized carbons (Fsp3) is 0.519. The minimum atomic E-state index is 0.162. The summed E-state index contributed by atoms with van der Waals surface area (Å²) in [7, 11) is 0. The molecule has 13 rings (SSSR count). The molecule has 8 nitrogen and oxygen atoms in total. The standard InChI is InChI=1S/C16H23N.C15H21N.2C14H19N.C13H18N2.C13H20.C12H19N.C9H15NS/c1-15(2,3)12-8-7-11-9-14(16(4,5)6)17-13(11)10-12;1-10(2)13-8-11-6-7-12(15(3,4)5)9-14(11)16-13;2*1-9(2)11-5-6-12-8-13(10(3)4)15-14(12)7-11;1-8(2)10-5-6-11-12(7-10)15-13(14-11)9(3)4;1-10(2)11-6-8-12(9-7-11)13(3,4)5;1-9(2)10-6-7-11(13-8-10)12(3,4)5;1-6(2)8-5-11-9(10-8)7(3)4/h7-8,10H,9H2,1-6H3;6-7,9-10H,8H2,1-5H3;2*5-10,15H,1-4H3;5-9H,1-4H3,(H,14,15);6-10H,1-5H3;6-9H,1-5H3;5-7H,1-4H3. The Hall–Kier alpha value is -8.01. The van der Waals surface area contributed by atoms with E-state index in [1.807, 2.05) is 6.20 Å². The lowest BCUT2D eigenvalue weighted by atomic mass is 9.85. The summed E-state index contributed by atoms with van der Waals surface area (Å²) >= 11 is 1.77. The zero-order chi connectivity index (χ0) is 86.3. The lowest BCUT2D eigenvalue weighted by Crippen LogP contribution is -2.19. The molecule has 3 N–H and O–H groups in total. The number of aliphatic imine (C=N–C) groups is 2. The molecule has 0 saturated carbocycles. The van der Waals surface area contributed by atoms with Gasteiger partial charge in [0.15, 0.2) is 0 Å². The number of rotatable bonds is 11. The van der Waals surface area contributed by atoms with Crippen molar-refractivity contribution in [2.75, 3.05) is 0 Å². The number of nitrogens with zero attached hydrogens (tertiary/aromatic N) is 5. The van der Waals surface area contributed by atoms with Gasteiger partial charge in [0.2, 0.25) is 0 Å². The first kappa shape index (κ1) is 95.8. The van der Waals surface area contributed by atoms with Crippen molar-refractivity contribution in [1.29, 1.82) is 0 Å². The molecule has 0 bridgehead atoms. The van der Waals surface area contributed by atoms with Crippen molar-refractivity contribution in [2.24, 2.45) is 21.3 Å². The molecule has 0 radical (unpaired) electrons. The van der Waals surface area contributed by atoms with Crippen molar-refractivity contribution in [2.45, 2.75) is 350 Å². The van der Waals surface area contributed by atoms with Crippen molar-refractivity contribution in [3.63, 3.8) is 0 Å². The Bertz CT molecular complexity index is 4570. The molecule has 0 saturated heterocycles. The molecule has 2 aliphatic heterocycles. The fourth-order valence-corrected chi connectivity index (χ4v) is 13.8. The molecule has 11 aromatic rings. The summed E-state index contributed by atoms with van der Waals surface area (Å²) < 4.78 is 0. The van der Waals surface area contributed by atoms with Gasteiger partial charge in [0, 0.05) is 86.6 Å². The average molecular weight is 1570 g/mol. The van der Waals surface area contributed by atoms with Gasteiger partial charge in [-0.15, -0.1) is 11.3 Å². The van der Waals surface area contributed by atoms with Gasteiger partial charge in [0.1, 0.15) is 5.82 Å². The van der Waals surface area contributed by atoms with E-state index < -0.39 is 0 Å². The number of fused-ring (bicyclic) bond motifs is 5. The highest BCUT2D eigenvalue weighted by atomic mass is 32.1. The van der Waals surface area contributed by atoms with Crippen LogP contribution >= 0.6 is 11.3 Å². The molecule has 5 aromatic heterocycles. The minimum absolute atomic E-state index is 0.162. The zero-order valence-corrected chi connectivity index (χ0v) is 79.7. The lowest BCUT2D eigenvalue weighted by molar-refractivity contribution is 0.567. The molecule has 0 spiro atoms. The Morgan fingerprint density at radius 1 is 0.322 bits per heavy atom. The summed E-state index contributed by atoms with van der Waals surface area (Å²) in [4.78, 5) is 33.5. The van der Waals surface area contributed by atoms with Gasteiger partial charge >= 0.3 is 0 Å². The highest BCUT2D eigenvalue weighted by Crippen LogP contribution is 2.38. The predicted molar refractivity (Wildman–Crippen MR) is 510 cm³/mol. The molecule has 0 amide bonds. The Morgan fingerprint density at radius 2 is 0.739 bits per heavy atom. The van der Waals surface area contributed by atoms with Crippen LogP contribution in [0.3, 0.4) is 0 Å². The third-order valence-corrected chi connectivity index (χ3v) is 22.8. The Labute approximate surface area is 703 Å². The van der Waals surface area contributed by atoms with Crippen LogP contribution in [0.5, 0.6) is 0 Å². The molecule has 0 fully saturated rings. The number of H-pyrrole nitrogens is 3. The molecular weight excluding hydrogens is 1420 g/mol. The number of thiazole rings is 1. The summed E-state index contributed by atoms with van der Waals surface area (Å²) in [5.74, 6) is 7.35. The molecule has 0 aliphatic carbocycles. The van der Waals surface area contributed by atoms with Gasteiger partial charge in [-0.05, 0) is 191 Å². The summed E-state index contributed by atoms with van der Waals surface area (Å²) in [5, 5.41) is 6.07. The topological polar surface area (TPSA) is 111 Å². The minimum Gasteiger partial charge on any atom is -0.358 e. The van der Waals surface area contributed by atoms with Gasteiger partial charge in [-0.25, -0.2) is 9.97 Å². The van der Waals surface area contributed by atoms with Crippen molar-refractivity contribution in [3.05, 3.63) is 240 Å². The second-order valence-electron chi connectivity index (χ2n) is 40.9. The van der Waals surface area contributed by atoms with Crippen LogP contribution in [0.2, 0.25) is 0 Å². The van der Waals surface area contributed by atoms with Crippen LogP contribution in [-0.4, -0.2) is 41.3 Å². The summed E-state index contributed by atoms with van der Waals surface area (Å²) in [6.45, 7) is 82.0. The van der Waals surface area contributed by atoms with E-state index in [4.69, 9.17) is 9.98 Å². The van der Waals surface area contributed by atoms with Gasteiger partial charge < -0.3 is 15.0 Å². The van der Waals surface area contributed by atoms with Crippen molar-refractivity contribution >= 4 is 67.0 Å². The number of pyridine rings is 1. The number of imidazole rings is 1. The molecular formula is C106H154N8S. The van der Waals surface area contributed by atoms with E-state index in [-0.39, 0.29) is 27.1 Å². The Kier molecular flexibility index (Phi) is 34.1. The number of hydrogen-bond donors (Lipinski definition) is 3. The Morgan fingerprint density at radius 3 is 1.10 bits per heavy atom. The second kappa shape index (κ2) is 40.9. The predicted octanol–water partition coefficient (Wildman–Crippen LogP) is 32.6. The monoisotopic (exact) mass is 1570 g/mol. The fourth-order valence-electron chi connectivity index (χ4n) is 12.8. The van der Waals surface area contributed by atoms with E-state index in [9.17, 15) is 0 Å². The van der Waals surface area contributed by atoms with E-state index in [1.54, 1.807) is 11.3 Å². The summed E-state index contributed by atoms with van der Waals surface area (Å²) in [5.41, 5.74) is 29.7. The van der Waals surface area contributed by atoms with E-state index in [2.05, 4.69) is 431 Å². The van der Waals surface area contributed by atoms with Crippen LogP contribution in [0, 0.1) is 11.3 Å². The highest BCUT2D eigenvalue weighted by Gasteiger charge is 2.27. The number of aromatic nitrogens is 6. The van der Waals surface area contributed by atoms with Crippen LogP contribution in [0.1, 0.15) is 405 Å². The maximum Gasteiger partial charge on any atom is 0.109 e. The van der Waals surface area contributed by atoms with E-state index >= 15 is 0 Å². The summed E-state index contributed by atoms with van der Waals surface area (Å²) in [6, 6.07) is 51.2. The van der Waals surface area contributed by atoms with Crippen molar-refractivity contribution in [1.82, 2.24) is 29.9 Å². The van der Waals surface area contributed by atoms with E-state index in [0.717, 1.165) is 35.4 Å². The first-order valence-corrected chi connectivity index (χ1v) is 44.3. The van der Waals surface area contributed by atoms with Gasteiger partial charge in [-0.1, -0.05) is 341 Å². The smallest absolute Gasteiger partial charge is 0.109 e. The molecule has 624 valence electrons. The van der Waals surface area contributed by atoms with Crippen LogP contribution in [0.15, 0.2) is 161 Å². The van der Waals surface area contributed by atoms with Crippen molar-refractivity contribution < 1.29 is 0 Å². The normalized spacial score (nSPS) is 12.9. The molecule has 2 aliphatic rings. The van der Waals surface area contributed by atoms with Gasteiger partial charge in [-0.3, -0.25) is 15.0 Å². The SMILES string of the molecule is CC(C)(C)C1=Nc2cc(C(C)(C)C)ccc2C1.CC(C)C1=Nc2cc(C(C)(C)C)ccc2C1.CC(C)c1ccc(C(C)(C)C)cc1.CC(C)c1ccc(C(C)(C)C)nc1.CC(C)c1ccc2cc(C(C)C)[nH]c2c1.CC(C)c1ccc2cc(C(C)C)[nH]c2c1.CC(C)c1ccc2nc(C(C)C)[nH]c2c1.CC(C)c1csc(C(C)C)n1. The first-order valence-electron chi connectivity index (χ1n) is 43.4. The maximum atomic E-state index is 4.81. The highest BCUT2D eigenvalue weighted by molar-refractivity contribution is 7.09.